The molecule has 8 nitrogen and oxygen atoms in total. The molecule has 3 rings (SSSR count). The second kappa shape index (κ2) is 16.4. The molecule has 0 fully saturated rings. The number of benzene rings is 3. The molecule has 0 aliphatic heterocycles. The van der Waals surface area contributed by atoms with Gasteiger partial charge in [-0.2, -0.15) is 0 Å². The molecule has 0 aliphatic rings. The Balaban J connectivity index is 1.47. The van der Waals surface area contributed by atoms with Gasteiger partial charge >= 0.3 is 0 Å². The number of halogens is 1. The van der Waals surface area contributed by atoms with Crippen LogP contribution in [0.4, 0.5) is 0 Å². The SMILES string of the molecule is CCOc1ccc(CC(=O)CNCCC(=O)N[C@@H](Cc2ccccc2)C(=O)NCc2ccc(CN)cc2Cl)cc1. The lowest BCUT2D eigenvalue weighted by Crippen LogP contribution is -2.48. The van der Waals surface area contributed by atoms with E-state index in [1.54, 1.807) is 6.07 Å². The molecule has 1 atom stereocenters. The standard InChI is InChI=1S/C31H37ClN4O4/c1-2-40-27-12-9-23(10-13-27)16-26(37)21-34-15-14-30(38)36-29(18-22-6-4-3-5-7-22)31(39)35-20-25-11-8-24(19-33)17-28(25)32/h3-13,17,29,34H,2,14-16,18-21,33H2,1H3,(H,35,39)(H,36,38)/t29-/m0/s1. The molecule has 3 aromatic carbocycles. The van der Waals surface area contributed by atoms with E-state index in [9.17, 15) is 14.4 Å². The average Bonchev–Trinajstić information content (AvgIpc) is 2.96. The van der Waals surface area contributed by atoms with E-state index >= 15 is 0 Å². The third kappa shape index (κ3) is 10.4. The molecule has 40 heavy (non-hydrogen) atoms. The van der Waals surface area contributed by atoms with Crippen molar-refractivity contribution in [3.8, 4) is 5.75 Å². The number of hydrogen-bond donors (Lipinski definition) is 4. The van der Waals surface area contributed by atoms with Crippen LogP contribution in [0.15, 0.2) is 72.8 Å². The largest absolute Gasteiger partial charge is 0.494 e. The molecule has 0 saturated heterocycles. The molecule has 0 aliphatic carbocycles. The molecule has 0 aromatic heterocycles. The molecular formula is C31H37ClN4O4. The zero-order valence-corrected chi connectivity index (χ0v) is 23.5. The summed E-state index contributed by atoms with van der Waals surface area (Å²) in [5.74, 6) is 0.193. The Morgan fingerprint density at radius 1 is 0.950 bits per heavy atom. The second-order valence-corrected chi connectivity index (χ2v) is 9.78. The number of carbonyl (C=O) groups is 3. The van der Waals surface area contributed by atoms with Gasteiger partial charge in [0.15, 0.2) is 5.78 Å². The van der Waals surface area contributed by atoms with Crippen LogP contribution in [0.5, 0.6) is 5.75 Å². The number of Topliss-reactive ketones (excluding diaryl/α,β-unsaturated/α-hetero) is 1. The first-order valence-corrected chi connectivity index (χ1v) is 13.8. The summed E-state index contributed by atoms with van der Waals surface area (Å²) in [6, 6.07) is 21.6. The van der Waals surface area contributed by atoms with Crippen molar-refractivity contribution >= 4 is 29.2 Å². The minimum atomic E-state index is -0.765. The van der Waals surface area contributed by atoms with Gasteiger partial charge in [0, 0.05) is 43.9 Å². The minimum Gasteiger partial charge on any atom is -0.494 e. The molecule has 0 spiro atoms. The highest BCUT2D eigenvalue weighted by Crippen LogP contribution is 2.18. The topological polar surface area (TPSA) is 123 Å². The zero-order chi connectivity index (χ0) is 28.7. The average molecular weight is 565 g/mol. The number of amides is 2. The molecule has 0 heterocycles. The van der Waals surface area contributed by atoms with Gasteiger partial charge in [-0.15, -0.1) is 0 Å². The van der Waals surface area contributed by atoms with Gasteiger partial charge in [0.05, 0.1) is 13.2 Å². The van der Waals surface area contributed by atoms with Gasteiger partial charge in [-0.1, -0.05) is 66.2 Å². The van der Waals surface area contributed by atoms with E-state index in [4.69, 9.17) is 22.1 Å². The van der Waals surface area contributed by atoms with Crippen molar-refractivity contribution in [1.29, 1.82) is 0 Å². The fourth-order valence-electron chi connectivity index (χ4n) is 4.08. The van der Waals surface area contributed by atoms with Crippen LogP contribution in [-0.2, 0) is 40.3 Å². The monoisotopic (exact) mass is 564 g/mol. The molecule has 0 unspecified atom stereocenters. The smallest absolute Gasteiger partial charge is 0.243 e. The molecule has 2 amide bonds. The van der Waals surface area contributed by atoms with E-state index in [2.05, 4.69) is 16.0 Å². The first kappa shape index (κ1) is 30.8. The van der Waals surface area contributed by atoms with Crippen LogP contribution >= 0.6 is 11.6 Å². The maximum Gasteiger partial charge on any atom is 0.243 e. The van der Waals surface area contributed by atoms with Gasteiger partial charge in [0.1, 0.15) is 11.8 Å². The Morgan fingerprint density at radius 2 is 1.68 bits per heavy atom. The first-order chi connectivity index (χ1) is 19.4. The Bertz CT molecular complexity index is 1250. The van der Waals surface area contributed by atoms with Crippen molar-refractivity contribution < 1.29 is 19.1 Å². The third-order valence-corrected chi connectivity index (χ3v) is 6.58. The van der Waals surface area contributed by atoms with E-state index in [0.717, 1.165) is 28.0 Å². The normalized spacial score (nSPS) is 11.5. The highest BCUT2D eigenvalue weighted by molar-refractivity contribution is 6.31. The van der Waals surface area contributed by atoms with Crippen molar-refractivity contribution in [3.05, 3.63) is 100 Å². The molecule has 0 bridgehead atoms. The number of nitrogens with two attached hydrogens (primary N) is 1. The Morgan fingerprint density at radius 3 is 2.35 bits per heavy atom. The van der Waals surface area contributed by atoms with E-state index in [-0.39, 0.29) is 37.1 Å². The maximum atomic E-state index is 13.1. The van der Waals surface area contributed by atoms with Crippen LogP contribution in [0.3, 0.4) is 0 Å². The van der Waals surface area contributed by atoms with E-state index in [1.165, 1.54) is 0 Å². The number of rotatable bonds is 16. The highest BCUT2D eigenvalue weighted by Gasteiger charge is 2.21. The van der Waals surface area contributed by atoms with Crippen molar-refractivity contribution in [2.45, 2.75) is 45.3 Å². The Labute approximate surface area is 240 Å². The summed E-state index contributed by atoms with van der Waals surface area (Å²) in [4.78, 5) is 38.1. The van der Waals surface area contributed by atoms with Gasteiger partial charge in [0.2, 0.25) is 11.8 Å². The number of ketones is 1. The Hall–Kier alpha value is -3.72. The Kier molecular flexibility index (Phi) is 12.6. The van der Waals surface area contributed by atoms with Crippen LogP contribution in [0.1, 0.15) is 35.6 Å². The predicted octanol–water partition coefficient (Wildman–Crippen LogP) is 3.33. The lowest BCUT2D eigenvalue weighted by molar-refractivity contribution is -0.129. The summed E-state index contributed by atoms with van der Waals surface area (Å²) in [6.45, 7) is 3.57. The molecule has 9 heteroatoms. The fourth-order valence-corrected chi connectivity index (χ4v) is 4.35. The minimum absolute atomic E-state index is 0.0176. The van der Waals surface area contributed by atoms with Crippen molar-refractivity contribution in [2.24, 2.45) is 5.73 Å². The predicted molar refractivity (Wildman–Crippen MR) is 157 cm³/mol. The molecule has 0 saturated carbocycles. The molecular weight excluding hydrogens is 528 g/mol. The summed E-state index contributed by atoms with van der Waals surface area (Å²) in [5.41, 5.74) is 9.15. The summed E-state index contributed by atoms with van der Waals surface area (Å²) in [5, 5.41) is 9.27. The summed E-state index contributed by atoms with van der Waals surface area (Å²) >= 11 is 6.33. The molecule has 5 N–H and O–H groups in total. The van der Waals surface area contributed by atoms with Gasteiger partial charge in [-0.25, -0.2) is 0 Å². The highest BCUT2D eigenvalue weighted by atomic mass is 35.5. The van der Waals surface area contributed by atoms with E-state index < -0.39 is 6.04 Å². The number of nitrogens with one attached hydrogen (secondary N) is 3. The third-order valence-electron chi connectivity index (χ3n) is 6.23. The molecule has 212 valence electrons. The fraction of sp³-hybridized carbons (Fsp3) is 0.323. The van der Waals surface area contributed by atoms with Gasteiger partial charge in [-0.3, -0.25) is 14.4 Å². The lowest BCUT2D eigenvalue weighted by Gasteiger charge is -2.19. The van der Waals surface area contributed by atoms with Crippen LogP contribution in [0.25, 0.3) is 0 Å². The van der Waals surface area contributed by atoms with E-state index in [1.807, 2.05) is 73.7 Å². The van der Waals surface area contributed by atoms with Crippen molar-refractivity contribution in [3.63, 3.8) is 0 Å². The molecule has 0 radical (unpaired) electrons. The van der Waals surface area contributed by atoms with E-state index in [0.29, 0.717) is 37.6 Å². The van der Waals surface area contributed by atoms with Crippen LogP contribution in [0.2, 0.25) is 5.02 Å². The lowest BCUT2D eigenvalue weighted by atomic mass is 10.0. The summed E-state index contributed by atoms with van der Waals surface area (Å²) in [7, 11) is 0. The number of hydrogen-bond acceptors (Lipinski definition) is 6. The van der Waals surface area contributed by atoms with Gasteiger partial charge in [-0.05, 0) is 47.4 Å². The zero-order valence-electron chi connectivity index (χ0n) is 22.8. The maximum absolute atomic E-state index is 13.1. The first-order valence-electron chi connectivity index (χ1n) is 13.4. The summed E-state index contributed by atoms with van der Waals surface area (Å²) < 4.78 is 5.42. The van der Waals surface area contributed by atoms with Crippen LogP contribution < -0.4 is 26.4 Å². The van der Waals surface area contributed by atoms with Crippen LogP contribution in [0, 0.1) is 0 Å². The van der Waals surface area contributed by atoms with Crippen molar-refractivity contribution in [1.82, 2.24) is 16.0 Å². The van der Waals surface area contributed by atoms with Gasteiger partial charge in [0.25, 0.3) is 0 Å². The molecule has 3 aromatic rings. The van der Waals surface area contributed by atoms with Crippen LogP contribution in [-0.4, -0.2) is 43.3 Å². The quantitative estimate of drug-likeness (QED) is 0.198. The number of carbonyl (C=O) groups excluding carboxylic acids is 3. The van der Waals surface area contributed by atoms with Crippen molar-refractivity contribution in [2.75, 3.05) is 19.7 Å². The van der Waals surface area contributed by atoms with Gasteiger partial charge < -0.3 is 26.4 Å². The second-order valence-electron chi connectivity index (χ2n) is 9.38. The number of ether oxygens (including phenoxy) is 1. The summed E-state index contributed by atoms with van der Waals surface area (Å²) in [6.07, 6.45) is 0.761.